The highest BCUT2D eigenvalue weighted by atomic mass is 16.5. The molecule has 0 aliphatic heterocycles. The van der Waals surface area contributed by atoms with Crippen molar-refractivity contribution < 1.29 is 9.47 Å². The third kappa shape index (κ3) is 4.16. The van der Waals surface area contributed by atoms with Gasteiger partial charge < -0.3 is 9.47 Å². The first-order valence-electron chi connectivity index (χ1n) is 8.71. The molecule has 3 aromatic rings. The standard InChI is InChI=1S/C22H20N2O2.C2H4/c1-5-16(6-2)18-13-21-23-15-19(24(21)22(14-18)26-4)12-11-17-9-7-8-10-20(17)25-3;1-2/h5-10,13-15H,1H2,2-4H3;1-2H2/b16-6+;. The van der Waals surface area contributed by atoms with Gasteiger partial charge in [0.25, 0.3) is 0 Å². The highest BCUT2D eigenvalue weighted by Gasteiger charge is 2.10. The summed E-state index contributed by atoms with van der Waals surface area (Å²) in [5.41, 5.74) is 4.36. The lowest BCUT2D eigenvalue weighted by Crippen LogP contribution is -1.98. The number of methoxy groups -OCH3 is 2. The second kappa shape index (κ2) is 9.84. The quantitative estimate of drug-likeness (QED) is 0.361. The van der Waals surface area contributed by atoms with Gasteiger partial charge in [-0.15, -0.1) is 13.2 Å². The number of hydrogen-bond acceptors (Lipinski definition) is 3. The van der Waals surface area contributed by atoms with Gasteiger partial charge in [-0.1, -0.05) is 36.8 Å². The van der Waals surface area contributed by atoms with E-state index in [0.717, 1.165) is 33.8 Å². The highest BCUT2D eigenvalue weighted by molar-refractivity contribution is 5.76. The van der Waals surface area contributed by atoms with E-state index in [4.69, 9.17) is 9.47 Å². The Balaban J connectivity index is 0.00000136. The normalized spacial score (nSPS) is 10.3. The van der Waals surface area contributed by atoms with Crippen LogP contribution in [0.1, 0.15) is 23.7 Å². The van der Waals surface area contributed by atoms with Crippen LogP contribution in [0.25, 0.3) is 11.2 Å². The summed E-state index contributed by atoms with van der Waals surface area (Å²) in [6, 6.07) is 11.6. The average Bonchev–Trinajstić information content (AvgIpc) is 3.17. The van der Waals surface area contributed by atoms with Gasteiger partial charge >= 0.3 is 0 Å². The zero-order valence-corrected chi connectivity index (χ0v) is 16.5. The minimum atomic E-state index is 0.667. The van der Waals surface area contributed by atoms with E-state index < -0.39 is 0 Å². The monoisotopic (exact) mass is 372 g/mol. The molecule has 1 aromatic carbocycles. The van der Waals surface area contributed by atoms with E-state index in [1.807, 2.05) is 59.9 Å². The summed E-state index contributed by atoms with van der Waals surface area (Å²) >= 11 is 0. The van der Waals surface area contributed by atoms with Crippen LogP contribution in [0.15, 0.2) is 74.5 Å². The summed E-state index contributed by atoms with van der Waals surface area (Å²) in [6.45, 7) is 11.8. The molecule has 0 aliphatic rings. The van der Waals surface area contributed by atoms with Crippen molar-refractivity contribution in [1.29, 1.82) is 0 Å². The first-order valence-corrected chi connectivity index (χ1v) is 8.71. The molecule has 0 fully saturated rings. The van der Waals surface area contributed by atoms with Crippen LogP contribution in [0.4, 0.5) is 0 Å². The van der Waals surface area contributed by atoms with E-state index in [-0.39, 0.29) is 0 Å². The van der Waals surface area contributed by atoms with E-state index in [1.165, 1.54) is 0 Å². The van der Waals surface area contributed by atoms with Gasteiger partial charge in [-0.2, -0.15) is 0 Å². The Kier molecular flexibility index (Phi) is 7.24. The third-order valence-electron chi connectivity index (χ3n) is 4.08. The topological polar surface area (TPSA) is 35.8 Å². The lowest BCUT2D eigenvalue weighted by molar-refractivity contribution is 0.392. The Morgan fingerprint density at radius 3 is 2.50 bits per heavy atom. The Labute approximate surface area is 166 Å². The van der Waals surface area contributed by atoms with Crippen molar-refractivity contribution in [3.63, 3.8) is 0 Å². The van der Waals surface area contributed by atoms with E-state index >= 15 is 0 Å². The fourth-order valence-corrected chi connectivity index (χ4v) is 2.76. The molecule has 0 saturated heterocycles. The highest BCUT2D eigenvalue weighted by Crippen LogP contribution is 2.25. The second-order valence-corrected chi connectivity index (χ2v) is 5.52. The largest absolute Gasteiger partial charge is 0.495 e. The molecular formula is C24H24N2O2. The van der Waals surface area contributed by atoms with Crippen LogP contribution in [0.5, 0.6) is 11.6 Å². The maximum absolute atomic E-state index is 5.57. The van der Waals surface area contributed by atoms with Gasteiger partial charge in [-0.25, -0.2) is 4.98 Å². The number of aromatic nitrogens is 2. The molecule has 4 nitrogen and oxygen atoms in total. The molecule has 28 heavy (non-hydrogen) atoms. The Bertz CT molecular complexity index is 1070. The van der Waals surface area contributed by atoms with Crippen LogP contribution in [-0.4, -0.2) is 23.6 Å². The van der Waals surface area contributed by atoms with Crippen LogP contribution in [0.2, 0.25) is 0 Å². The Morgan fingerprint density at radius 1 is 1.11 bits per heavy atom. The van der Waals surface area contributed by atoms with Gasteiger partial charge in [0, 0.05) is 6.07 Å². The molecule has 3 rings (SSSR count). The molecule has 2 aromatic heterocycles. The molecule has 0 spiro atoms. The zero-order valence-electron chi connectivity index (χ0n) is 16.5. The van der Waals surface area contributed by atoms with Gasteiger partial charge in [0.1, 0.15) is 17.1 Å². The van der Waals surface area contributed by atoms with Crippen LogP contribution in [-0.2, 0) is 0 Å². The number of fused-ring (bicyclic) bond motifs is 1. The van der Waals surface area contributed by atoms with Crippen LogP contribution in [0.3, 0.4) is 0 Å². The molecule has 142 valence electrons. The number of rotatable bonds is 4. The lowest BCUT2D eigenvalue weighted by Gasteiger charge is -2.09. The van der Waals surface area contributed by atoms with E-state index in [9.17, 15) is 0 Å². The van der Waals surface area contributed by atoms with Crippen LogP contribution in [0, 0.1) is 11.8 Å². The molecular weight excluding hydrogens is 348 g/mol. The van der Waals surface area contributed by atoms with Crippen LogP contribution >= 0.6 is 0 Å². The third-order valence-corrected chi connectivity index (χ3v) is 4.08. The van der Waals surface area contributed by atoms with Gasteiger partial charge in [0.15, 0.2) is 0 Å². The fourth-order valence-electron chi connectivity index (χ4n) is 2.76. The number of benzene rings is 1. The molecule has 0 aliphatic carbocycles. The lowest BCUT2D eigenvalue weighted by atomic mass is 10.1. The number of para-hydroxylation sites is 1. The molecule has 0 atom stereocenters. The maximum Gasteiger partial charge on any atom is 0.200 e. The minimum absolute atomic E-state index is 0.667. The van der Waals surface area contributed by atoms with Gasteiger partial charge in [0.05, 0.1) is 26.0 Å². The smallest absolute Gasteiger partial charge is 0.200 e. The molecule has 0 saturated carbocycles. The van der Waals surface area contributed by atoms with Gasteiger partial charge in [-0.05, 0) is 42.2 Å². The minimum Gasteiger partial charge on any atom is -0.495 e. The zero-order chi connectivity index (χ0) is 20.5. The first kappa shape index (κ1) is 20.6. The maximum atomic E-state index is 5.57. The van der Waals surface area contributed by atoms with E-state index in [1.54, 1.807) is 20.4 Å². The number of allylic oxidation sites excluding steroid dienone is 3. The molecule has 0 amide bonds. The van der Waals surface area contributed by atoms with Crippen molar-refractivity contribution in [1.82, 2.24) is 9.38 Å². The molecule has 4 heteroatoms. The molecule has 0 bridgehead atoms. The van der Waals surface area contributed by atoms with Crippen molar-refractivity contribution in [3.05, 3.63) is 91.3 Å². The number of ether oxygens (including phenoxy) is 2. The van der Waals surface area contributed by atoms with Crippen molar-refractivity contribution >= 4 is 11.2 Å². The predicted molar refractivity (Wildman–Crippen MR) is 116 cm³/mol. The van der Waals surface area contributed by atoms with Crippen molar-refractivity contribution in [2.45, 2.75) is 6.92 Å². The molecule has 0 N–H and O–H groups in total. The van der Waals surface area contributed by atoms with Crippen molar-refractivity contribution in [3.8, 4) is 23.5 Å². The summed E-state index contributed by atoms with van der Waals surface area (Å²) in [5, 5.41) is 0. The SMILES string of the molecule is C=C.C=C/C(=C\C)c1cc(OC)n2c(C#Cc3ccccc3OC)cnc2c1. The van der Waals surface area contributed by atoms with Gasteiger partial charge in [0.2, 0.25) is 5.88 Å². The molecule has 0 radical (unpaired) electrons. The Hall–Kier alpha value is -3.71. The number of hydrogen-bond donors (Lipinski definition) is 0. The number of nitrogens with zero attached hydrogens (tertiary/aromatic N) is 2. The first-order chi connectivity index (χ1) is 13.7. The Morgan fingerprint density at radius 2 is 1.86 bits per heavy atom. The van der Waals surface area contributed by atoms with Crippen LogP contribution < -0.4 is 9.47 Å². The number of pyridine rings is 1. The summed E-state index contributed by atoms with van der Waals surface area (Å²) in [4.78, 5) is 4.48. The van der Waals surface area contributed by atoms with E-state index in [2.05, 4.69) is 36.6 Å². The van der Waals surface area contributed by atoms with Crippen molar-refractivity contribution in [2.75, 3.05) is 14.2 Å². The average molecular weight is 372 g/mol. The number of imidazole rings is 1. The molecule has 2 heterocycles. The molecule has 0 unspecified atom stereocenters. The second-order valence-electron chi connectivity index (χ2n) is 5.52. The summed E-state index contributed by atoms with van der Waals surface area (Å²) in [5.74, 6) is 7.73. The summed E-state index contributed by atoms with van der Waals surface area (Å²) in [6.07, 6.45) is 5.56. The summed E-state index contributed by atoms with van der Waals surface area (Å²) in [7, 11) is 3.27. The summed E-state index contributed by atoms with van der Waals surface area (Å²) < 4.78 is 12.8. The van der Waals surface area contributed by atoms with Gasteiger partial charge in [-0.3, -0.25) is 4.40 Å². The van der Waals surface area contributed by atoms with Crippen molar-refractivity contribution in [2.24, 2.45) is 0 Å². The predicted octanol–water partition coefficient (Wildman–Crippen LogP) is 5.14. The van der Waals surface area contributed by atoms with E-state index in [0.29, 0.717) is 5.88 Å². The fraction of sp³-hybridized carbons (Fsp3) is 0.125.